The molecule has 1 aliphatic rings. The minimum Gasteiger partial charge on any atom is -0.507 e. The van der Waals surface area contributed by atoms with E-state index in [1.54, 1.807) is 24.3 Å². The molecule has 1 aromatic heterocycles. The number of aliphatic hydroxyl groups is 1. The van der Waals surface area contributed by atoms with Crippen molar-refractivity contribution in [1.29, 1.82) is 0 Å². The summed E-state index contributed by atoms with van der Waals surface area (Å²) in [6, 6.07) is 23.2. The number of amides is 1. The maximum Gasteiger partial charge on any atom is 0.301 e. The molecule has 186 valence electrons. The highest BCUT2D eigenvalue weighted by Gasteiger charge is 2.48. The van der Waals surface area contributed by atoms with Crippen LogP contribution in [0.5, 0.6) is 0 Å². The quantitative estimate of drug-likeness (QED) is 0.0914. The first kappa shape index (κ1) is 25.2. The zero-order valence-electron chi connectivity index (χ0n) is 19.8. The van der Waals surface area contributed by atoms with Crippen molar-refractivity contribution >= 4 is 57.3 Å². The third kappa shape index (κ3) is 5.05. The molecule has 0 bridgehead atoms. The molecular weight excluding hydrogens is 526 g/mol. The van der Waals surface area contributed by atoms with Gasteiger partial charge in [0.15, 0.2) is 4.34 Å². The summed E-state index contributed by atoms with van der Waals surface area (Å²) in [5, 5.41) is 20.6. The number of ketones is 1. The van der Waals surface area contributed by atoms with E-state index in [1.165, 1.54) is 28.0 Å². The molecule has 0 aliphatic carbocycles. The van der Waals surface area contributed by atoms with Crippen molar-refractivity contribution in [2.75, 3.05) is 4.90 Å². The van der Waals surface area contributed by atoms with Crippen molar-refractivity contribution in [3.05, 3.63) is 112 Å². The van der Waals surface area contributed by atoms with E-state index in [9.17, 15) is 14.7 Å². The number of hydrogen-bond acceptors (Lipinski definition) is 7. The lowest BCUT2D eigenvalue weighted by Crippen LogP contribution is -2.29. The van der Waals surface area contributed by atoms with Gasteiger partial charge in [-0.3, -0.25) is 14.5 Å². The van der Waals surface area contributed by atoms with E-state index in [1.807, 2.05) is 54.6 Å². The molecule has 1 saturated heterocycles. The van der Waals surface area contributed by atoms with Crippen molar-refractivity contribution in [3.8, 4) is 0 Å². The Kier molecular flexibility index (Phi) is 7.41. The van der Waals surface area contributed by atoms with E-state index in [4.69, 9.17) is 11.6 Å². The molecule has 1 N–H and O–H groups in total. The van der Waals surface area contributed by atoms with E-state index in [0.717, 1.165) is 17.5 Å². The predicted molar refractivity (Wildman–Crippen MR) is 148 cm³/mol. The number of carbonyl (C=O) groups excluding carboxylic acids is 2. The van der Waals surface area contributed by atoms with E-state index in [2.05, 4.69) is 17.1 Å². The maximum atomic E-state index is 13.3. The zero-order chi connectivity index (χ0) is 25.9. The van der Waals surface area contributed by atoms with Gasteiger partial charge in [-0.15, -0.1) is 10.2 Å². The van der Waals surface area contributed by atoms with Crippen LogP contribution in [-0.4, -0.2) is 27.0 Å². The number of nitrogens with zero attached hydrogens (tertiary/aromatic N) is 3. The smallest absolute Gasteiger partial charge is 0.301 e. The Balaban J connectivity index is 1.54. The van der Waals surface area contributed by atoms with Crippen molar-refractivity contribution in [3.63, 3.8) is 0 Å². The van der Waals surface area contributed by atoms with Crippen LogP contribution in [0.2, 0.25) is 5.02 Å². The normalized spacial score (nSPS) is 16.9. The largest absolute Gasteiger partial charge is 0.507 e. The second-order valence-electron chi connectivity index (χ2n) is 8.36. The molecule has 1 fully saturated rings. The monoisotopic (exact) mass is 547 g/mol. The summed E-state index contributed by atoms with van der Waals surface area (Å²) in [4.78, 5) is 28.0. The van der Waals surface area contributed by atoms with Crippen molar-refractivity contribution < 1.29 is 14.7 Å². The van der Waals surface area contributed by atoms with Gasteiger partial charge in [-0.1, -0.05) is 114 Å². The molecule has 9 heteroatoms. The molecule has 0 radical (unpaired) electrons. The van der Waals surface area contributed by atoms with Crippen molar-refractivity contribution in [2.24, 2.45) is 0 Å². The molecule has 1 aliphatic heterocycles. The Hall–Kier alpha value is -3.46. The topological polar surface area (TPSA) is 83.4 Å². The van der Waals surface area contributed by atoms with E-state index < -0.39 is 17.7 Å². The number of benzene rings is 3. The fourth-order valence-corrected chi connectivity index (χ4v) is 6.30. The number of rotatable bonds is 7. The third-order valence-electron chi connectivity index (χ3n) is 6.11. The molecule has 37 heavy (non-hydrogen) atoms. The molecule has 6 nitrogen and oxygen atoms in total. The first-order valence-electron chi connectivity index (χ1n) is 11.6. The maximum absolute atomic E-state index is 13.3. The van der Waals surface area contributed by atoms with Gasteiger partial charge >= 0.3 is 5.91 Å². The van der Waals surface area contributed by atoms with Crippen LogP contribution < -0.4 is 4.90 Å². The van der Waals surface area contributed by atoms with Gasteiger partial charge in [0, 0.05) is 16.3 Å². The first-order valence-corrected chi connectivity index (χ1v) is 13.8. The van der Waals surface area contributed by atoms with Gasteiger partial charge in [0.25, 0.3) is 5.78 Å². The van der Waals surface area contributed by atoms with E-state index in [0.29, 0.717) is 31.4 Å². The summed E-state index contributed by atoms with van der Waals surface area (Å²) in [6.07, 6.45) is 0.854. The van der Waals surface area contributed by atoms with Gasteiger partial charge in [-0.05, 0) is 29.2 Å². The standard InChI is InChI=1S/C28H22ClN3O3S2/c1-2-17-12-14-18(15-13-17)23-22(24(33)19-8-4-3-5-9-19)25(34)26(35)32(23)27-30-31-28(37-27)36-16-20-10-6-7-11-21(20)29/h3-15,23,33H,2,16H2,1H3/b24-22-. The fourth-order valence-electron chi connectivity index (χ4n) is 4.15. The Morgan fingerprint density at radius 2 is 1.70 bits per heavy atom. The van der Waals surface area contributed by atoms with E-state index in [-0.39, 0.29) is 11.3 Å². The number of aryl methyl sites for hydroxylation is 1. The van der Waals surface area contributed by atoms with Crippen LogP contribution in [0, 0.1) is 0 Å². The summed E-state index contributed by atoms with van der Waals surface area (Å²) in [5.74, 6) is -1.14. The average Bonchev–Trinajstić information content (AvgIpc) is 3.50. The number of thioether (sulfide) groups is 1. The van der Waals surface area contributed by atoms with Gasteiger partial charge in [0.05, 0.1) is 11.6 Å². The Labute approximate surface area is 227 Å². The number of halogens is 1. The average molecular weight is 548 g/mol. The lowest BCUT2D eigenvalue weighted by atomic mass is 9.94. The van der Waals surface area contributed by atoms with Crippen molar-refractivity contribution in [1.82, 2.24) is 10.2 Å². The molecule has 4 aromatic rings. The first-order chi connectivity index (χ1) is 18.0. The van der Waals surface area contributed by atoms with Crippen LogP contribution in [-0.2, 0) is 21.8 Å². The fraction of sp³-hybridized carbons (Fsp3) is 0.143. The molecule has 2 heterocycles. The predicted octanol–water partition coefficient (Wildman–Crippen LogP) is 6.67. The van der Waals surface area contributed by atoms with Crippen molar-refractivity contribution in [2.45, 2.75) is 29.5 Å². The minimum absolute atomic E-state index is 0.0286. The highest BCUT2D eigenvalue weighted by atomic mass is 35.5. The van der Waals surface area contributed by atoms with Gasteiger partial charge in [-0.25, -0.2) is 0 Å². The molecule has 3 aromatic carbocycles. The van der Waals surface area contributed by atoms with Crippen LogP contribution >= 0.6 is 34.7 Å². The van der Waals surface area contributed by atoms with Crippen LogP contribution in [0.15, 0.2) is 88.8 Å². The summed E-state index contributed by atoms with van der Waals surface area (Å²) in [5.41, 5.74) is 3.28. The highest BCUT2D eigenvalue weighted by Crippen LogP contribution is 2.44. The minimum atomic E-state index is -0.833. The third-order valence-corrected chi connectivity index (χ3v) is 8.58. The van der Waals surface area contributed by atoms with Gasteiger partial charge in [0.2, 0.25) is 5.13 Å². The number of hydrogen-bond donors (Lipinski definition) is 1. The summed E-state index contributed by atoms with van der Waals surface area (Å²) in [7, 11) is 0. The Bertz CT molecular complexity index is 1490. The van der Waals surface area contributed by atoms with Gasteiger partial charge < -0.3 is 5.11 Å². The summed E-state index contributed by atoms with van der Waals surface area (Å²) < 4.78 is 0.639. The lowest BCUT2D eigenvalue weighted by molar-refractivity contribution is -0.132. The molecule has 0 spiro atoms. The van der Waals surface area contributed by atoms with Crippen LogP contribution in [0.25, 0.3) is 5.76 Å². The second-order valence-corrected chi connectivity index (χ2v) is 10.9. The van der Waals surface area contributed by atoms with Crippen LogP contribution in [0.4, 0.5) is 5.13 Å². The molecule has 0 saturated carbocycles. The zero-order valence-corrected chi connectivity index (χ0v) is 22.2. The number of carbonyl (C=O) groups is 2. The molecule has 1 unspecified atom stereocenters. The second kappa shape index (κ2) is 10.9. The molecule has 5 rings (SSSR count). The molecular formula is C28H22ClN3O3S2. The number of anilines is 1. The number of aliphatic hydroxyl groups excluding tert-OH is 1. The Morgan fingerprint density at radius 3 is 2.41 bits per heavy atom. The number of aromatic nitrogens is 2. The SMILES string of the molecule is CCc1ccc(C2/C(=C(/O)c3ccccc3)C(=O)C(=O)N2c2nnc(SCc3ccccc3Cl)s2)cc1. The van der Waals surface area contributed by atoms with Crippen LogP contribution in [0.3, 0.4) is 0 Å². The Morgan fingerprint density at radius 1 is 1.00 bits per heavy atom. The summed E-state index contributed by atoms with van der Waals surface area (Å²) >= 11 is 8.95. The number of Topliss-reactive ketones (excluding diaryl/α,β-unsaturated/α-hetero) is 1. The molecule has 1 atom stereocenters. The van der Waals surface area contributed by atoms with Crippen LogP contribution in [0.1, 0.15) is 35.2 Å². The lowest BCUT2D eigenvalue weighted by Gasteiger charge is -2.22. The van der Waals surface area contributed by atoms with Gasteiger partial charge in [0.1, 0.15) is 5.76 Å². The highest BCUT2D eigenvalue weighted by molar-refractivity contribution is 8.00. The van der Waals surface area contributed by atoms with Gasteiger partial charge in [-0.2, -0.15) is 0 Å². The van der Waals surface area contributed by atoms with E-state index >= 15 is 0 Å². The summed E-state index contributed by atoms with van der Waals surface area (Å²) in [6.45, 7) is 2.06. The molecule has 1 amide bonds.